The molecule has 1 N–H and O–H groups in total. The van der Waals surface area contributed by atoms with Crippen LogP contribution in [-0.4, -0.2) is 18.3 Å². The molecule has 16 heavy (non-hydrogen) atoms. The number of hydrogen-bond acceptors (Lipinski definition) is 3. The molecular formula is C13H23NS2. The first-order chi connectivity index (χ1) is 7.74. The Kier molecular flexibility index (Phi) is 7.17. The van der Waals surface area contributed by atoms with Crippen molar-refractivity contribution in [3.05, 3.63) is 22.4 Å². The minimum absolute atomic E-state index is 0.682. The summed E-state index contributed by atoms with van der Waals surface area (Å²) in [6.07, 6.45) is 1.23. The molecule has 92 valence electrons. The van der Waals surface area contributed by atoms with E-state index >= 15 is 0 Å². The number of thiophene rings is 1. The average Bonchev–Trinajstić information content (AvgIpc) is 2.75. The van der Waals surface area contributed by atoms with E-state index in [1.807, 2.05) is 11.8 Å². The summed E-state index contributed by atoms with van der Waals surface area (Å²) in [5, 5.41) is 8.02. The summed E-state index contributed by atoms with van der Waals surface area (Å²) in [5.41, 5.74) is 1.46. The minimum atomic E-state index is 0.682. The maximum Gasteiger partial charge on any atom is 0.0193 e. The highest BCUT2D eigenvalue weighted by Crippen LogP contribution is 2.14. The zero-order valence-electron chi connectivity index (χ0n) is 10.5. The lowest BCUT2D eigenvalue weighted by molar-refractivity contribution is 0.398. The van der Waals surface area contributed by atoms with Gasteiger partial charge >= 0.3 is 0 Å². The average molecular weight is 257 g/mol. The molecular weight excluding hydrogens is 234 g/mol. The molecule has 1 aromatic rings. The molecule has 1 unspecified atom stereocenters. The smallest absolute Gasteiger partial charge is 0.0193 e. The molecule has 3 heteroatoms. The molecule has 0 spiro atoms. The molecule has 0 amide bonds. The van der Waals surface area contributed by atoms with Gasteiger partial charge in [0, 0.05) is 24.1 Å². The second kappa shape index (κ2) is 8.15. The summed E-state index contributed by atoms with van der Waals surface area (Å²) in [7, 11) is 0. The molecule has 1 heterocycles. The van der Waals surface area contributed by atoms with E-state index in [-0.39, 0.29) is 0 Å². The lowest BCUT2D eigenvalue weighted by atomic mass is 10.0. The van der Waals surface area contributed by atoms with Crippen LogP contribution in [0.5, 0.6) is 0 Å². The van der Waals surface area contributed by atoms with E-state index in [9.17, 15) is 0 Å². The van der Waals surface area contributed by atoms with Gasteiger partial charge in [-0.05, 0) is 34.7 Å². The fraction of sp³-hybridized carbons (Fsp3) is 0.692. The molecule has 0 radical (unpaired) electrons. The van der Waals surface area contributed by atoms with Gasteiger partial charge in [0.2, 0.25) is 0 Å². The molecule has 0 aromatic carbocycles. The second-order valence-electron chi connectivity index (χ2n) is 4.40. The standard InChI is InChI=1S/C13H23NS2/c1-4-13(11(2)3)14-6-8-16-10-12-5-7-15-9-12/h5,7,9,11,13-14H,4,6,8,10H2,1-3H3. The van der Waals surface area contributed by atoms with Crippen molar-refractivity contribution in [3.8, 4) is 0 Å². The van der Waals surface area contributed by atoms with Gasteiger partial charge in [-0.25, -0.2) is 0 Å². The molecule has 0 aliphatic carbocycles. The van der Waals surface area contributed by atoms with E-state index in [0.717, 1.165) is 18.2 Å². The van der Waals surface area contributed by atoms with Gasteiger partial charge in [-0.1, -0.05) is 20.8 Å². The fourth-order valence-electron chi connectivity index (χ4n) is 1.73. The predicted molar refractivity (Wildman–Crippen MR) is 77.4 cm³/mol. The zero-order chi connectivity index (χ0) is 11.8. The third-order valence-corrected chi connectivity index (χ3v) is 4.51. The Morgan fingerprint density at radius 2 is 2.25 bits per heavy atom. The molecule has 0 aliphatic rings. The van der Waals surface area contributed by atoms with Crippen LogP contribution in [0.1, 0.15) is 32.8 Å². The van der Waals surface area contributed by atoms with Crippen LogP contribution >= 0.6 is 23.1 Å². The van der Waals surface area contributed by atoms with Gasteiger partial charge in [0.15, 0.2) is 0 Å². The van der Waals surface area contributed by atoms with Crippen molar-refractivity contribution in [1.82, 2.24) is 5.32 Å². The Bertz CT molecular complexity index is 257. The van der Waals surface area contributed by atoms with Gasteiger partial charge in [0.1, 0.15) is 0 Å². The Morgan fingerprint density at radius 3 is 2.81 bits per heavy atom. The highest BCUT2D eigenvalue weighted by molar-refractivity contribution is 7.98. The molecule has 0 saturated carbocycles. The van der Waals surface area contributed by atoms with Crippen LogP contribution in [0.25, 0.3) is 0 Å². The first kappa shape index (κ1) is 14.1. The van der Waals surface area contributed by atoms with Crippen molar-refractivity contribution in [2.24, 2.45) is 5.92 Å². The van der Waals surface area contributed by atoms with Gasteiger partial charge in [-0.2, -0.15) is 23.1 Å². The molecule has 0 fully saturated rings. The molecule has 0 aliphatic heterocycles. The largest absolute Gasteiger partial charge is 0.313 e. The van der Waals surface area contributed by atoms with Crippen LogP contribution in [0, 0.1) is 5.92 Å². The van der Waals surface area contributed by atoms with Gasteiger partial charge in [0.25, 0.3) is 0 Å². The number of hydrogen-bond donors (Lipinski definition) is 1. The van der Waals surface area contributed by atoms with Crippen molar-refractivity contribution >= 4 is 23.1 Å². The quantitative estimate of drug-likeness (QED) is 0.706. The summed E-state index contributed by atoms with van der Waals surface area (Å²) in [5.74, 6) is 3.11. The lowest BCUT2D eigenvalue weighted by Crippen LogP contribution is -2.34. The Labute approximate surface area is 108 Å². The number of rotatable bonds is 8. The zero-order valence-corrected chi connectivity index (χ0v) is 12.2. The van der Waals surface area contributed by atoms with E-state index in [0.29, 0.717) is 6.04 Å². The number of nitrogens with one attached hydrogen (secondary N) is 1. The Balaban J connectivity index is 2.03. The second-order valence-corrected chi connectivity index (χ2v) is 6.28. The predicted octanol–water partition coefficient (Wildman–Crippen LogP) is 4.01. The van der Waals surface area contributed by atoms with Gasteiger partial charge in [-0.15, -0.1) is 0 Å². The highest BCUT2D eigenvalue weighted by Gasteiger charge is 2.08. The van der Waals surface area contributed by atoms with Gasteiger partial charge in [0.05, 0.1) is 0 Å². The molecule has 1 nitrogen and oxygen atoms in total. The monoisotopic (exact) mass is 257 g/mol. The van der Waals surface area contributed by atoms with Crippen LogP contribution in [0.15, 0.2) is 16.8 Å². The number of thioether (sulfide) groups is 1. The first-order valence-electron chi connectivity index (χ1n) is 6.06. The SMILES string of the molecule is CCC(NCCSCc1ccsc1)C(C)C. The third-order valence-electron chi connectivity index (χ3n) is 2.75. The van der Waals surface area contributed by atoms with E-state index in [1.54, 1.807) is 11.3 Å². The summed E-state index contributed by atoms with van der Waals surface area (Å²) < 4.78 is 0. The third kappa shape index (κ3) is 5.37. The fourth-order valence-corrected chi connectivity index (χ4v) is 3.33. The molecule has 1 aromatic heterocycles. The normalized spacial score (nSPS) is 13.2. The Morgan fingerprint density at radius 1 is 1.44 bits per heavy atom. The van der Waals surface area contributed by atoms with Crippen LogP contribution < -0.4 is 5.32 Å². The topological polar surface area (TPSA) is 12.0 Å². The van der Waals surface area contributed by atoms with Crippen molar-refractivity contribution in [2.75, 3.05) is 12.3 Å². The van der Waals surface area contributed by atoms with Gasteiger partial charge in [-0.3, -0.25) is 0 Å². The molecule has 0 saturated heterocycles. The van der Waals surface area contributed by atoms with Crippen molar-refractivity contribution in [1.29, 1.82) is 0 Å². The Hall–Kier alpha value is 0.01000. The van der Waals surface area contributed by atoms with Crippen molar-refractivity contribution in [2.45, 2.75) is 39.0 Å². The van der Waals surface area contributed by atoms with Crippen LogP contribution in [0.2, 0.25) is 0 Å². The summed E-state index contributed by atoms with van der Waals surface area (Å²) in [6, 6.07) is 2.90. The van der Waals surface area contributed by atoms with E-state index in [4.69, 9.17) is 0 Å². The molecule has 1 atom stereocenters. The van der Waals surface area contributed by atoms with E-state index in [2.05, 4.69) is 42.9 Å². The summed E-state index contributed by atoms with van der Waals surface area (Å²) in [4.78, 5) is 0. The molecule has 1 rings (SSSR count). The van der Waals surface area contributed by atoms with E-state index in [1.165, 1.54) is 17.7 Å². The summed E-state index contributed by atoms with van der Waals surface area (Å²) >= 11 is 3.81. The highest BCUT2D eigenvalue weighted by atomic mass is 32.2. The first-order valence-corrected chi connectivity index (χ1v) is 8.16. The lowest BCUT2D eigenvalue weighted by Gasteiger charge is -2.20. The van der Waals surface area contributed by atoms with Crippen LogP contribution in [0.4, 0.5) is 0 Å². The van der Waals surface area contributed by atoms with Gasteiger partial charge < -0.3 is 5.32 Å². The van der Waals surface area contributed by atoms with Crippen LogP contribution in [-0.2, 0) is 5.75 Å². The maximum atomic E-state index is 3.63. The maximum absolute atomic E-state index is 3.63. The van der Waals surface area contributed by atoms with E-state index < -0.39 is 0 Å². The summed E-state index contributed by atoms with van der Waals surface area (Å²) in [6.45, 7) is 7.97. The van der Waals surface area contributed by atoms with Crippen LogP contribution in [0.3, 0.4) is 0 Å². The minimum Gasteiger partial charge on any atom is -0.313 e. The van der Waals surface area contributed by atoms with Crippen molar-refractivity contribution in [3.63, 3.8) is 0 Å². The van der Waals surface area contributed by atoms with Crippen molar-refractivity contribution < 1.29 is 0 Å². The molecule has 0 bridgehead atoms.